The van der Waals surface area contributed by atoms with Gasteiger partial charge in [-0.15, -0.1) is 0 Å². The van der Waals surface area contributed by atoms with Crippen LogP contribution in [0, 0.1) is 28.8 Å². The Kier molecular flexibility index (Phi) is 2.95. The van der Waals surface area contributed by atoms with Crippen molar-refractivity contribution < 1.29 is 22.7 Å². The lowest BCUT2D eigenvalue weighted by atomic mass is 10.1. The predicted octanol–water partition coefficient (Wildman–Crippen LogP) is 1.76. The molecule has 0 aliphatic heterocycles. The standard InChI is InChI=1S/C9H4F3NO2/c1-15-9(14)4-2-6(10)8(12)5(3-13)7(4)11/h2H,1H3. The summed E-state index contributed by atoms with van der Waals surface area (Å²) in [7, 11) is 0.953. The van der Waals surface area contributed by atoms with Crippen LogP contribution in [0.5, 0.6) is 0 Å². The highest BCUT2D eigenvalue weighted by Crippen LogP contribution is 2.19. The van der Waals surface area contributed by atoms with Crippen molar-refractivity contribution in [2.24, 2.45) is 0 Å². The van der Waals surface area contributed by atoms with Crippen LogP contribution in [0.15, 0.2) is 6.07 Å². The summed E-state index contributed by atoms with van der Waals surface area (Å²) in [4.78, 5) is 10.9. The van der Waals surface area contributed by atoms with Crippen LogP contribution in [0.3, 0.4) is 0 Å². The number of nitrogens with zero attached hydrogens (tertiary/aromatic N) is 1. The normalized spacial score (nSPS) is 9.53. The van der Waals surface area contributed by atoms with Gasteiger partial charge in [-0.25, -0.2) is 18.0 Å². The molecule has 1 rings (SSSR count). The molecule has 0 fully saturated rings. The summed E-state index contributed by atoms with van der Waals surface area (Å²) in [5.74, 6) is -5.71. The van der Waals surface area contributed by atoms with E-state index in [2.05, 4.69) is 4.74 Å². The molecule has 78 valence electrons. The highest BCUT2D eigenvalue weighted by atomic mass is 19.2. The second-order valence-corrected chi connectivity index (χ2v) is 2.51. The Morgan fingerprint density at radius 1 is 1.40 bits per heavy atom. The lowest BCUT2D eigenvalue weighted by Gasteiger charge is -2.03. The summed E-state index contributed by atoms with van der Waals surface area (Å²) < 4.78 is 43.0. The largest absolute Gasteiger partial charge is 0.465 e. The van der Waals surface area contributed by atoms with E-state index < -0.39 is 34.5 Å². The average Bonchev–Trinajstić information content (AvgIpc) is 2.23. The van der Waals surface area contributed by atoms with Crippen LogP contribution in [-0.2, 0) is 4.74 Å². The molecule has 0 radical (unpaired) electrons. The maximum Gasteiger partial charge on any atom is 0.341 e. The van der Waals surface area contributed by atoms with Gasteiger partial charge in [-0.05, 0) is 6.07 Å². The third-order valence-corrected chi connectivity index (χ3v) is 1.67. The van der Waals surface area contributed by atoms with Crippen LogP contribution in [0.4, 0.5) is 13.2 Å². The summed E-state index contributed by atoms with van der Waals surface area (Å²) in [6, 6.07) is 1.47. The molecule has 0 spiro atoms. The number of carbonyl (C=O) groups is 1. The Balaban J connectivity index is 3.52. The van der Waals surface area contributed by atoms with Gasteiger partial charge in [-0.2, -0.15) is 5.26 Å². The molecule has 6 heteroatoms. The van der Waals surface area contributed by atoms with Crippen molar-refractivity contribution in [3.05, 3.63) is 34.6 Å². The summed E-state index contributed by atoms with van der Waals surface area (Å²) in [6.45, 7) is 0. The van der Waals surface area contributed by atoms with Crippen molar-refractivity contribution in [3.63, 3.8) is 0 Å². The Labute approximate surface area is 82.7 Å². The van der Waals surface area contributed by atoms with E-state index in [-0.39, 0.29) is 0 Å². The topological polar surface area (TPSA) is 50.1 Å². The first-order valence-corrected chi connectivity index (χ1v) is 3.68. The number of rotatable bonds is 1. The van der Waals surface area contributed by atoms with Gasteiger partial charge in [0.1, 0.15) is 11.6 Å². The fourth-order valence-corrected chi connectivity index (χ4v) is 0.961. The molecule has 0 aliphatic carbocycles. The first-order chi connectivity index (χ1) is 7.02. The van der Waals surface area contributed by atoms with E-state index in [4.69, 9.17) is 5.26 Å². The number of hydrogen-bond acceptors (Lipinski definition) is 3. The van der Waals surface area contributed by atoms with Gasteiger partial charge in [0.15, 0.2) is 17.5 Å². The van der Waals surface area contributed by atoms with E-state index in [9.17, 15) is 18.0 Å². The Bertz CT molecular complexity index is 465. The van der Waals surface area contributed by atoms with Crippen LogP contribution in [0.2, 0.25) is 0 Å². The number of esters is 1. The van der Waals surface area contributed by atoms with E-state index in [0.29, 0.717) is 6.07 Å². The van der Waals surface area contributed by atoms with E-state index in [0.717, 1.165) is 13.2 Å². The zero-order valence-electron chi connectivity index (χ0n) is 7.47. The second-order valence-electron chi connectivity index (χ2n) is 2.51. The first-order valence-electron chi connectivity index (χ1n) is 3.68. The first kappa shape index (κ1) is 11.0. The minimum Gasteiger partial charge on any atom is -0.465 e. The minimum absolute atomic E-state index is 0.345. The monoisotopic (exact) mass is 215 g/mol. The van der Waals surface area contributed by atoms with E-state index in [1.54, 1.807) is 0 Å². The van der Waals surface area contributed by atoms with Gasteiger partial charge in [0.05, 0.1) is 12.7 Å². The number of hydrogen-bond donors (Lipinski definition) is 0. The molecular formula is C9H4F3NO2. The van der Waals surface area contributed by atoms with Gasteiger partial charge in [-0.1, -0.05) is 0 Å². The lowest BCUT2D eigenvalue weighted by molar-refractivity contribution is 0.0594. The minimum atomic E-state index is -1.62. The third-order valence-electron chi connectivity index (χ3n) is 1.67. The maximum atomic E-state index is 13.2. The maximum absolute atomic E-state index is 13.2. The number of benzene rings is 1. The molecule has 0 unspecified atom stereocenters. The molecule has 15 heavy (non-hydrogen) atoms. The van der Waals surface area contributed by atoms with E-state index in [1.807, 2.05) is 0 Å². The van der Waals surface area contributed by atoms with E-state index >= 15 is 0 Å². The summed E-state index contributed by atoms with van der Waals surface area (Å²) >= 11 is 0. The fourth-order valence-electron chi connectivity index (χ4n) is 0.961. The van der Waals surface area contributed by atoms with Gasteiger partial charge in [0.2, 0.25) is 0 Å². The van der Waals surface area contributed by atoms with E-state index in [1.165, 1.54) is 0 Å². The molecule has 0 bridgehead atoms. The quantitative estimate of drug-likeness (QED) is 0.529. The molecule has 0 amide bonds. The molecule has 0 aromatic heterocycles. The Morgan fingerprint density at radius 3 is 2.47 bits per heavy atom. The molecule has 0 saturated carbocycles. The van der Waals surface area contributed by atoms with Crippen molar-refractivity contribution in [3.8, 4) is 6.07 Å². The highest BCUT2D eigenvalue weighted by molar-refractivity contribution is 5.90. The van der Waals surface area contributed by atoms with Crippen LogP contribution < -0.4 is 0 Å². The number of ether oxygens (including phenoxy) is 1. The van der Waals surface area contributed by atoms with Crippen LogP contribution in [0.1, 0.15) is 15.9 Å². The fraction of sp³-hybridized carbons (Fsp3) is 0.111. The van der Waals surface area contributed by atoms with Crippen LogP contribution >= 0.6 is 0 Å². The van der Waals surface area contributed by atoms with Crippen molar-refractivity contribution in [2.75, 3.05) is 7.11 Å². The highest BCUT2D eigenvalue weighted by Gasteiger charge is 2.22. The molecule has 1 aromatic carbocycles. The summed E-state index contributed by atoms with van der Waals surface area (Å²) in [6.07, 6.45) is 0. The molecule has 0 aliphatic rings. The third kappa shape index (κ3) is 1.76. The number of halogens is 3. The van der Waals surface area contributed by atoms with Gasteiger partial charge < -0.3 is 4.74 Å². The van der Waals surface area contributed by atoms with Crippen LogP contribution in [0.25, 0.3) is 0 Å². The lowest BCUT2D eigenvalue weighted by Crippen LogP contribution is -2.09. The number of methoxy groups -OCH3 is 1. The summed E-state index contributed by atoms with van der Waals surface area (Å²) in [5.41, 5.74) is -1.96. The van der Waals surface area contributed by atoms with Crippen LogP contribution in [-0.4, -0.2) is 13.1 Å². The van der Waals surface area contributed by atoms with Gasteiger partial charge in [0, 0.05) is 0 Å². The van der Waals surface area contributed by atoms with Crippen molar-refractivity contribution >= 4 is 5.97 Å². The molecule has 0 saturated heterocycles. The second kappa shape index (κ2) is 4.00. The van der Waals surface area contributed by atoms with Gasteiger partial charge in [-0.3, -0.25) is 0 Å². The van der Waals surface area contributed by atoms with Crippen molar-refractivity contribution in [2.45, 2.75) is 0 Å². The summed E-state index contributed by atoms with van der Waals surface area (Å²) in [5, 5.41) is 8.35. The predicted molar refractivity (Wildman–Crippen MR) is 42.4 cm³/mol. The molecule has 0 heterocycles. The zero-order chi connectivity index (χ0) is 11.6. The Morgan fingerprint density at radius 2 is 2.00 bits per heavy atom. The number of nitriles is 1. The zero-order valence-corrected chi connectivity index (χ0v) is 7.47. The molecular weight excluding hydrogens is 211 g/mol. The van der Waals surface area contributed by atoms with Crippen molar-refractivity contribution in [1.82, 2.24) is 0 Å². The van der Waals surface area contributed by atoms with Gasteiger partial charge >= 0.3 is 5.97 Å². The molecule has 0 atom stereocenters. The Hall–Kier alpha value is -2.03. The molecule has 3 nitrogen and oxygen atoms in total. The van der Waals surface area contributed by atoms with Crippen molar-refractivity contribution in [1.29, 1.82) is 5.26 Å². The average molecular weight is 215 g/mol. The van der Waals surface area contributed by atoms with Gasteiger partial charge in [0.25, 0.3) is 0 Å². The smallest absolute Gasteiger partial charge is 0.341 e. The molecule has 0 N–H and O–H groups in total. The molecule has 1 aromatic rings. The number of carbonyl (C=O) groups excluding carboxylic acids is 1. The SMILES string of the molecule is COC(=O)c1cc(F)c(F)c(C#N)c1F.